The number of pyridine rings is 1. The predicted molar refractivity (Wildman–Crippen MR) is 66.7 cm³/mol. The van der Waals surface area contributed by atoms with Gasteiger partial charge in [-0.3, -0.25) is 24.3 Å². The third kappa shape index (κ3) is 3.61. The number of carbonyl (C=O) groups is 3. The van der Waals surface area contributed by atoms with E-state index in [1.54, 1.807) is 18.5 Å². The van der Waals surface area contributed by atoms with Gasteiger partial charge in [-0.1, -0.05) is 6.07 Å². The van der Waals surface area contributed by atoms with E-state index in [9.17, 15) is 14.4 Å². The summed E-state index contributed by atoms with van der Waals surface area (Å²) in [7, 11) is 0. The van der Waals surface area contributed by atoms with E-state index in [-0.39, 0.29) is 43.5 Å². The van der Waals surface area contributed by atoms with Gasteiger partial charge >= 0.3 is 0 Å². The minimum Gasteiger partial charge on any atom is -0.352 e. The zero-order chi connectivity index (χ0) is 13.7. The van der Waals surface area contributed by atoms with Gasteiger partial charge in [0.25, 0.3) is 0 Å². The molecule has 0 radical (unpaired) electrons. The molecule has 1 aromatic heterocycles. The number of imide groups is 1. The number of aromatic nitrogens is 1. The molecule has 0 atom stereocenters. The lowest BCUT2D eigenvalue weighted by molar-refractivity contribution is -0.138. The normalized spacial score (nSPS) is 14.8. The molecule has 1 N–H and O–H groups in total. The second-order valence-electron chi connectivity index (χ2n) is 4.33. The van der Waals surface area contributed by atoms with Gasteiger partial charge in [-0.25, -0.2) is 0 Å². The standard InChI is InChI=1S/C13H15N3O3/c17-11(15-9-10-2-1-6-14-8-10)5-7-16-12(18)3-4-13(16)19/h1-2,6,8H,3-5,7,9H2,(H,15,17). The fourth-order valence-corrected chi connectivity index (χ4v) is 1.88. The van der Waals surface area contributed by atoms with Gasteiger partial charge in [0.05, 0.1) is 0 Å². The van der Waals surface area contributed by atoms with Crippen LogP contribution in [-0.2, 0) is 20.9 Å². The first-order valence-corrected chi connectivity index (χ1v) is 6.15. The van der Waals surface area contributed by atoms with Crippen molar-refractivity contribution in [2.45, 2.75) is 25.8 Å². The Balaban J connectivity index is 1.73. The van der Waals surface area contributed by atoms with Crippen molar-refractivity contribution in [2.75, 3.05) is 6.54 Å². The minimum absolute atomic E-state index is 0.137. The molecule has 1 aromatic rings. The Morgan fingerprint density at radius 3 is 2.68 bits per heavy atom. The van der Waals surface area contributed by atoms with E-state index in [0.29, 0.717) is 6.54 Å². The first-order chi connectivity index (χ1) is 9.16. The number of nitrogens with zero attached hydrogens (tertiary/aromatic N) is 2. The molecule has 2 heterocycles. The Bertz CT molecular complexity index is 471. The average molecular weight is 261 g/mol. The van der Waals surface area contributed by atoms with Gasteiger partial charge in [0.15, 0.2) is 0 Å². The van der Waals surface area contributed by atoms with Crippen molar-refractivity contribution in [3.63, 3.8) is 0 Å². The molecule has 2 rings (SSSR count). The highest BCUT2D eigenvalue weighted by Gasteiger charge is 2.28. The maximum Gasteiger partial charge on any atom is 0.229 e. The van der Waals surface area contributed by atoms with Gasteiger partial charge in [0.1, 0.15) is 0 Å². The van der Waals surface area contributed by atoms with Crippen LogP contribution in [0.3, 0.4) is 0 Å². The molecule has 0 saturated carbocycles. The quantitative estimate of drug-likeness (QED) is 0.770. The average Bonchev–Trinajstić information content (AvgIpc) is 2.75. The summed E-state index contributed by atoms with van der Waals surface area (Å²) in [5, 5.41) is 2.72. The molecule has 0 spiro atoms. The highest BCUT2D eigenvalue weighted by molar-refractivity contribution is 6.02. The third-order valence-electron chi connectivity index (χ3n) is 2.93. The fraction of sp³-hybridized carbons (Fsp3) is 0.385. The zero-order valence-corrected chi connectivity index (χ0v) is 10.5. The molecule has 3 amide bonds. The van der Waals surface area contributed by atoms with Crippen molar-refractivity contribution in [2.24, 2.45) is 0 Å². The van der Waals surface area contributed by atoms with E-state index in [0.717, 1.165) is 10.5 Å². The summed E-state index contributed by atoms with van der Waals surface area (Å²) in [5.41, 5.74) is 0.907. The highest BCUT2D eigenvalue weighted by Crippen LogP contribution is 2.11. The van der Waals surface area contributed by atoms with E-state index in [1.165, 1.54) is 0 Å². The van der Waals surface area contributed by atoms with Gasteiger partial charge < -0.3 is 5.32 Å². The van der Waals surface area contributed by atoms with E-state index < -0.39 is 0 Å². The van der Waals surface area contributed by atoms with E-state index in [1.807, 2.05) is 6.07 Å². The monoisotopic (exact) mass is 261 g/mol. The molecule has 1 aliphatic heterocycles. The topological polar surface area (TPSA) is 79.4 Å². The number of nitrogens with one attached hydrogen (secondary N) is 1. The zero-order valence-electron chi connectivity index (χ0n) is 10.5. The molecular formula is C13H15N3O3. The summed E-state index contributed by atoms with van der Waals surface area (Å²) in [6.45, 7) is 0.561. The van der Waals surface area contributed by atoms with Gasteiger partial charge in [-0.15, -0.1) is 0 Å². The third-order valence-corrected chi connectivity index (χ3v) is 2.93. The molecule has 1 saturated heterocycles. The lowest BCUT2D eigenvalue weighted by Crippen LogP contribution is -2.34. The van der Waals surface area contributed by atoms with Crippen LogP contribution in [0.2, 0.25) is 0 Å². The second kappa shape index (κ2) is 6.08. The van der Waals surface area contributed by atoms with Crippen LogP contribution in [0.15, 0.2) is 24.5 Å². The summed E-state index contributed by atoms with van der Waals surface area (Å²) in [6.07, 6.45) is 3.99. The van der Waals surface area contributed by atoms with E-state index in [2.05, 4.69) is 10.3 Å². The van der Waals surface area contributed by atoms with Crippen LogP contribution in [0.4, 0.5) is 0 Å². The van der Waals surface area contributed by atoms with Crippen molar-refractivity contribution in [3.8, 4) is 0 Å². The lowest BCUT2D eigenvalue weighted by Gasteiger charge is -2.13. The van der Waals surface area contributed by atoms with Crippen LogP contribution in [-0.4, -0.2) is 34.2 Å². The summed E-state index contributed by atoms with van der Waals surface area (Å²) in [6, 6.07) is 3.66. The van der Waals surface area contributed by atoms with Crippen LogP contribution in [0.5, 0.6) is 0 Å². The molecule has 1 aliphatic rings. The van der Waals surface area contributed by atoms with Crippen molar-refractivity contribution < 1.29 is 14.4 Å². The van der Waals surface area contributed by atoms with Gasteiger partial charge in [-0.05, 0) is 11.6 Å². The molecule has 19 heavy (non-hydrogen) atoms. The van der Waals surface area contributed by atoms with Crippen molar-refractivity contribution in [1.82, 2.24) is 15.2 Å². The summed E-state index contributed by atoms with van der Waals surface area (Å²) < 4.78 is 0. The molecule has 0 unspecified atom stereocenters. The first-order valence-electron chi connectivity index (χ1n) is 6.15. The Hall–Kier alpha value is -2.24. The van der Waals surface area contributed by atoms with Crippen molar-refractivity contribution in [3.05, 3.63) is 30.1 Å². The van der Waals surface area contributed by atoms with E-state index >= 15 is 0 Å². The SMILES string of the molecule is O=C(CCN1C(=O)CCC1=O)NCc1cccnc1. The smallest absolute Gasteiger partial charge is 0.229 e. The maximum atomic E-state index is 11.6. The molecule has 6 heteroatoms. The van der Waals surface area contributed by atoms with Gasteiger partial charge in [-0.2, -0.15) is 0 Å². The Labute approximate surface area is 110 Å². The molecule has 0 bridgehead atoms. The number of carbonyl (C=O) groups excluding carboxylic acids is 3. The molecule has 1 fully saturated rings. The Morgan fingerprint density at radius 2 is 2.05 bits per heavy atom. The Kier molecular flexibility index (Phi) is 4.22. The summed E-state index contributed by atoms with van der Waals surface area (Å²) >= 11 is 0. The number of hydrogen-bond acceptors (Lipinski definition) is 4. The van der Waals surface area contributed by atoms with Crippen LogP contribution in [0.25, 0.3) is 0 Å². The van der Waals surface area contributed by atoms with Crippen LogP contribution >= 0.6 is 0 Å². The number of amides is 3. The van der Waals surface area contributed by atoms with E-state index in [4.69, 9.17) is 0 Å². The molecule has 6 nitrogen and oxygen atoms in total. The number of hydrogen-bond donors (Lipinski definition) is 1. The largest absolute Gasteiger partial charge is 0.352 e. The predicted octanol–water partition coefficient (Wildman–Crippen LogP) is 0.237. The maximum absolute atomic E-state index is 11.6. The minimum atomic E-state index is -0.190. The molecular weight excluding hydrogens is 246 g/mol. The number of likely N-dealkylation sites (tertiary alicyclic amines) is 1. The van der Waals surface area contributed by atoms with Crippen LogP contribution in [0, 0.1) is 0 Å². The molecule has 0 aliphatic carbocycles. The molecule has 0 aromatic carbocycles. The number of rotatable bonds is 5. The summed E-state index contributed by atoms with van der Waals surface area (Å²) in [4.78, 5) is 39.4. The Morgan fingerprint density at radius 1 is 1.32 bits per heavy atom. The van der Waals surface area contributed by atoms with Crippen molar-refractivity contribution in [1.29, 1.82) is 0 Å². The van der Waals surface area contributed by atoms with Gasteiger partial charge in [0, 0.05) is 44.7 Å². The summed E-state index contributed by atoms with van der Waals surface area (Å²) in [5.74, 6) is -0.563. The first kappa shape index (κ1) is 13.2. The highest BCUT2D eigenvalue weighted by atomic mass is 16.2. The van der Waals surface area contributed by atoms with Crippen LogP contribution < -0.4 is 5.32 Å². The fourth-order valence-electron chi connectivity index (χ4n) is 1.88. The van der Waals surface area contributed by atoms with Crippen molar-refractivity contribution >= 4 is 17.7 Å². The molecule has 100 valence electrons. The van der Waals surface area contributed by atoms with Gasteiger partial charge in [0.2, 0.25) is 17.7 Å². The lowest BCUT2D eigenvalue weighted by atomic mass is 10.3. The second-order valence-corrected chi connectivity index (χ2v) is 4.33. The van der Waals surface area contributed by atoms with Crippen LogP contribution in [0.1, 0.15) is 24.8 Å².